The molecule has 2 heterocycles. The molecule has 2 N–H and O–H groups in total. The fraction of sp³-hybridized carbons (Fsp3) is 0.875. The monoisotopic (exact) mass is 310 g/mol. The van der Waals surface area contributed by atoms with E-state index in [0.717, 1.165) is 45.4 Å². The average molecular weight is 310 g/mol. The fourth-order valence-corrected chi connectivity index (χ4v) is 3.37. The van der Waals surface area contributed by atoms with E-state index in [4.69, 9.17) is 0 Å². The molecule has 2 amide bonds. The van der Waals surface area contributed by atoms with E-state index in [9.17, 15) is 9.59 Å². The first-order chi connectivity index (χ1) is 10.6. The van der Waals surface area contributed by atoms with Crippen LogP contribution in [-0.2, 0) is 9.59 Å². The summed E-state index contributed by atoms with van der Waals surface area (Å²) >= 11 is 0. The van der Waals surface area contributed by atoms with Crippen molar-refractivity contribution in [3.63, 3.8) is 0 Å². The van der Waals surface area contributed by atoms with Crippen LogP contribution >= 0.6 is 0 Å². The lowest BCUT2D eigenvalue weighted by Crippen LogP contribution is -2.52. The third kappa shape index (κ3) is 4.95. The molecule has 0 aliphatic carbocycles. The molecule has 0 radical (unpaired) electrons. The first-order valence-corrected chi connectivity index (χ1v) is 8.58. The predicted octanol–water partition coefficient (Wildman–Crippen LogP) is 0.187. The Morgan fingerprint density at radius 3 is 2.55 bits per heavy atom. The van der Waals surface area contributed by atoms with Crippen LogP contribution in [0.15, 0.2) is 0 Å². The normalized spacial score (nSPS) is 24.8. The molecule has 2 atom stereocenters. The zero-order chi connectivity index (χ0) is 15.9. The van der Waals surface area contributed by atoms with E-state index in [-0.39, 0.29) is 11.8 Å². The van der Waals surface area contributed by atoms with Gasteiger partial charge in [-0.05, 0) is 52.6 Å². The SMILES string of the molecule is CNC1CCCN(CC(=O)NC(C)C(=O)N2CCCCC2)C1. The number of nitrogens with zero attached hydrogens (tertiary/aromatic N) is 2. The van der Waals surface area contributed by atoms with Gasteiger partial charge in [-0.25, -0.2) is 0 Å². The maximum Gasteiger partial charge on any atom is 0.244 e. The van der Waals surface area contributed by atoms with Crippen molar-refractivity contribution >= 4 is 11.8 Å². The number of hydrogen-bond donors (Lipinski definition) is 2. The van der Waals surface area contributed by atoms with E-state index in [1.165, 1.54) is 12.8 Å². The smallest absolute Gasteiger partial charge is 0.244 e. The molecule has 0 aromatic carbocycles. The number of likely N-dealkylation sites (tertiary alicyclic amines) is 2. The average Bonchev–Trinajstić information content (AvgIpc) is 2.55. The van der Waals surface area contributed by atoms with E-state index < -0.39 is 6.04 Å². The van der Waals surface area contributed by atoms with Crippen molar-refractivity contribution < 1.29 is 9.59 Å². The minimum absolute atomic E-state index is 0.0467. The van der Waals surface area contributed by atoms with Crippen molar-refractivity contribution in [3.8, 4) is 0 Å². The number of likely N-dealkylation sites (N-methyl/N-ethyl adjacent to an activating group) is 1. The van der Waals surface area contributed by atoms with Crippen molar-refractivity contribution in [2.24, 2.45) is 0 Å². The van der Waals surface area contributed by atoms with Gasteiger partial charge in [-0.15, -0.1) is 0 Å². The summed E-state index contributed by atoms with van der Waals surface area (Å²) < 4.78 is 0. The second-order valence-corrected chi connectivity index (χ2v) is 6.54. The Labute approximate surface area is 133 Å². The molecular weight excluding hydrogens is 280 g/mol. The summed E-state index contributed by atoms with van der Waals surface area (Å²) in [5.74, 6) is 0.00871. The Bertz CT molecular complexity index is 382. The minimum atomic E-state index is -0.421. The molecule has 6 heteroatoms. The molecule has 22 heavy (non-hydrogen) atoms. The summed E-state index contributed by atoms with van der Waals surface area (Å²) in [6.45, 7) is 5.69. The van der Waals surface area contributed by atoms with Crippen LogP contribution in [0.4, 0.5) is 0 Å². The van der Waals surface area contributed by atoms with Gasteiger partial charge in [-0.3, -0.25) is 14.5 Å². The lowest BCUT2D eigenvalue weighted by atomic mass is 10.1. The van der Waals surface area contributed by atoms with E-state index in [1.54, 1.807) is 6.92 Å². The highest BCUT2D eigenvalue weighted by Gasteiger charge is 2.25. The van der Waals surface area contributed by atoms with Gasteiger partial charge in [0.2, 0.25) is 11.8 Å². The largest absolute Gasteiger partial charge is 0.343 e. The quantitative estimate of drug-likeness (QED) is 0.761. The molecular formula is C16H30N4O2. The van der Waals surface area contributed by atoms with Crippen molar-refractivity contribution in [2.45, 2.75) is 51.1 Å². The predicted molar refractivity (Wildman–Crippen MR) is 86.6 cm³/mol. The summed E-state index contributed by atoms with van der Waals surface area (Å²) in [5.41, 5.74) is 0. The first kappa shape index (κ1) is 17.2. The van der Waals surface area contributed by atoms with Gasteiger partial charge < -0.3 is 15.5 Å². The number of amides is 2. The zero-order valence-corrected chi connectivity index (χ0v) is 13.9. The van der Waals surface area contributed by atoms with Crippen LogP contribution < -0.4 is 10.6 Å². The second kappa shape index (κ2) is 8.48. The molecule has 0 bridgehead atoms. The molecule has 0 aromatic heterocycles. The Balaban J connectivity index is 1.74. The standard InChI is InChI=1S/C16H30N4O2/c1-13(16(22)20-9-4-3-5-10-20)18-15(21)12-19-8-6-7-14(11-19)17-2/h13-14,17H,3-12H2,1-2H3,(H,18,21). The number of hydrogen-bond acceptors (Lipinski definition) is 4. The highest BCUT2D eigenvalue weighted by molar-refractivity contribution is 5.88. The molecule has 2 aliphatic rings. The molecule has 2 rings (SSSR count). The molecule has 0 saturated carbocycles. The highest BCUT2D eigenvalue weighted by atomic mass is 16.2. The summed E-state index contributed by atoms with van der Waals surface area (Å²) in [5, 5.41) is 6.14. The summed E-state index contributed by atoms with van der Waals surface area (Å²) in [6, 6.07) is 0.0458. The number of carbonyl (C=O) groups excluding carboxylic acids is 2. The van der Waals surface area contributed by atoms with Gasteiger partial charge in [0.25, 0.3) is 0 Å². The molecule has 0 spiro atoms. The van der Waals surface area contributed by atoms with Gasteiger partial charge in [0, 0.05) is 25.7 Å². The number of nitrogens with one attached hydrogen (secondary N) is 2. The van der Waals surface area contributed by atoms with Crippen LogP contribution in [0.3, 0.4) is 0 Å². The van der Waals surface area contributed by atoms with Crippen LogP contribution in [0.2, 0.25) is 0 Å². The molecule has 2 fully saturated rings. The lowest BCUT2D eigenvalue weighted by Gasteiger charge is -2.33. The molecule has 0 aromatic rings. The minimum Gasteiger partial charge on any atom is -0.343 e. The third-order valence-electron chi connectivity index (χ3n) is 4.70. The summed E-state index contributed by atoms with van der Waals surface area (Å²) in [4.78, 5) is 28.5. The van der Waals surface area contributed by atoms with Crippen LogP contribution in [-0.4, -0.2) is 73.5 Å². The zero-order valence-electron chi connectivity index (χ0n) is 13.9. The Morgan fingerprint density at radius 1 is 1.14 bits per heavy atom. The molecule has 2 unspecified atom stereocenters. The Morgan fingerprint density at radius 2 is 1.86 bits per heavy atom. The molecule has 2 aliphatic heterocycles. The maximum absolute atomic E-state index is 12.3. The van der Waals surface area contributed by atoms with Gasteiger partial charge in [0.1, 0.15) is 6.04 Å². The highest BCUT2D eigenvalue weighted by Crippen LogP contribution is 2.11. The van der Waals surface area contributed by atoms with Crippen molar-refractivity contribution in [1.82, 2.24) is 20.4 Å². The third-order valence-corrected chi connectivity index (χ3v) is 4.70. The number of piperidine rings is 2. The van der Waals surface area contributed by atoms with Gasteiger partial charge >= 0.3 is 0 Å². The van der Waals surface area contributed by atoms with Gasteiger partial charge in [-0.2, -0.15) is 0 Å². The number of rotatable bonds is 5. The maximum atomic E-state index is 12.3. The molecule has 6 nitrogen and oxygen atoms in total. The number of carbonyl (C=O) groups is 2. The van der Waals surface area contributed by atoms with Crippen molar-refractivity contribution in [3.05, 3.63) is 0 Å². The first-order valence-electron chi connectivity index (χ1n) is 8.58. The van der Waals surface area contributed by atoms with E-state index in [0.29, 0.717) is 12.6 Å². The van der Waals surface area contributed by atoms with Gasteiger partial charge in [0.15, 0.2) is 0 Å². The van der Waals surface area contributed by atoms with Crippen LogP contribution in [0, 0.1) is 0 Å². The topological polar surface area (TPSA) is 64.7 Å². The van der Waals surface area contributed by atoms with E-state index in [2.05, 4.69) is 15.5 Å². The van der Waals surface area contributed by atoms with Crippen molar-refractivity contribution in [1.29, 1.82) is 0 Å². The van der Waals surface area contributed by atoms with Crippen LogP contribution in [0.5, 0.6) is 0 Å². The van der Waals surface area contributed by atoms with Gasteiger partial charge in [0.05, 0.1) is 6.54 Å². The molecule has 2 saturated heterocycles. The fourth-order valence-electron chi connectivity index (χ4n) is 3.37. The Hall–Kier alpha value is -1.14. The van der Waals surface area contributed by atoms with Crippen LogP contribution in [0.25, 0.3) is 0 Å². The van der Waals surface area contributed by atoms with Crippen LogP contribution in [0.1, 0.15) is 39.0 Å². The Kier molecular flexibility index (Phi) is 6.64. The lowest BCUT2D eigenvalue weighted by molar-refractivity contribution is -0.137. The molecule has 126 valence electrons. The van der Waals surface area contributed by atoms with E-state index in [1.807, 2.05) is 11.9 Å². The summed E-state index contributed by atoms with van der Waals surface area (Å²) in [6.07, 6.45) is 5.63. The summed E-state index contributed by atoms with van der Waals surface area (Å²) in [7, 11) is 1.97. The van der Waals surface area contributed by atoms with E-state index >= 15 is 0 Å². The van der Waals surface area contributed by atoms with Crippen molar-refractivity contribution in [2.75, 3.05) is 39.8 Å². The van der Waals surface area contributed by atoms with Gasteiger partial charge in [-0.1, -0.05) is 0 Å². The second-order valence-electron chi connectivity index (χ2n) is 6.54.